The Hall–Kier alpha value is -1.51. The molecule has 0 heterocycles. The van der Waals surface area contributed by atoms with Crippen LogP contribution in [0.25, 0.3) is 0 Å². The number of aliphatic carboxylic acids is 1. The molecule has 0 aromatic heterocycles. The fraction of sp³-hybridized carbons (Fsp3) is 0.462. The van der Waals surface area contributed by atoms with E-state index >= 15 is 0 Å². The molecule has 1 N–H and O–H groups in total. The van der Waals surface area contributed by atoms with Crippen LogP contribution in [0.1, 0.15) is 24.5 Å². The summed E-state index contributed by atoms with van der Waals surface area (Å²) in [6, 6.07) is 6.14. The maximum Gasteiger partial charge on any atom is 0.305 e. The van der Waals surface area contributed by atoms with Crippen molar-refractivity contribution in [2.75, 3.05) is 18.0 Å². The van der Waals surface area contributed by atoms with Gasteiger partial charge in [0.2, 0.25) is 0 Å². The number of carboxylic acids is 1. The third kappa shape index (κ3) is 2.99. The van der Waals surface area contributed by atoms with E-state index in [0.717, 1.165) is 12.2 Å². The van der Waals surface area contributed by atoms with Crippen molar-refractivity contribution in [2.24, 2.45) is 0 Å². The van der Waals surface area contributed by atoms with E-state index in [4.69, 9.17) is 5.11 Å². The summed E-state index contributed by atoms with van der Waals surface area (Å²) in [6.45, 7) is 7.59. The summed E-state index contributed by atoms with van der Waals surface area (Å²) in [5.74, 6) is -0.747. The Bertz CT molecular complexity index is 374. The molecule has 0 fully saturated rings. The van der Waals surface area contributed by atoms with Crippen LogP contribution in [-0.4, -0.2) is 24.2 Å². The highest BCUT2D eigenvalue weighted by atomic mass is 16.4. The third-order valence-electron chi connectivity index (χ3n) is 2.89. The lowest BCUT2D eigenvalue weighted by molar-refractivity contribution is -0.136. The maximum atomic E-state index is 10.6. The van der Waals surface area contributed by atoms with Crippen molar-refractivity contribution < 1.29 is 9.90 Å². The van der Waals surface area contributed by atoms with Gasteiger partial charge >= 0.3 is 5.97 Å². The molecule has 0 atom stereocenters. The smallest absolute Gasteiger partial charge is 0.305 e. The van der Waals surface area contributed by atoms with Crippen LogP contribution in [0.3, 0.4) is 0 Å². The van der Waals surface area contributed by atoms with Gasteiger partial charge in [-0.3, -0.25) is 4.79 Å². The summed E-state index contributed by atoms with van der Waals surface area (Å²) in [7, 11) is 0. The zero-order chi connectivity index (χ0) is 12.1. The largest absolute Gasteiger partial charge is 0.481 e. The summed E-state index contributed by atoms with van der Waals surface area (Å²) >= 11 is 0. The van der Waals surface area contributed by atoms with Gasteiger partial charge in [0, 0.05) is 18.8 Å². The SMILES string of the molecule is CCN(CCC(=O)O)c1cccc(C)c1C. The summed E-state index contributed by atoms with van der Waals surface area (Å²) < 4.78 is 0. The first-order chi connectivity index (χ1) is 7.56. The van der Waals surface area contributed by atoms with Crippen LogP contribution in [0.4, 0.5) is 5.69 Å². The average Bonchev–Trinajstić information content (AvgIpc) is 2.24. The molecule has 3 nitrogen and oxygen atoms in total. The van der Waals surface area contributed by atoms with Gasteiger partial charge in [0.05, 0.1) is 6.42 Å². The number of hydrogen-bond acceptors (Lipinski definition) is 2. The van der Waals surface area contributed by atoms with Crippen molar-refractivity contribution in [2.45, 2.75) is 27.2 Å². The molecular formula is C13H19NO2. The van der Waals surface area contributed by atoms with E-state index in [1.165, 1.54) is 11.1 Å². The normalized spacial score (nSPS) is 10.2. The fourth-order valence-corrected chi connectivity index (χ4v) is 1.76. The van der Waals surface area contributed by atoms with E-state index in [2.05, 4.69) is 24.8 Å². The van der Waals surface area contributed by atoms with E-state index in [9.17, 15) is 4.79 Å². The number of nitrogens with zero attached hydrogens (tertiary/aromatic N) is 1. The lowest BCUT2D eigenvalue weighted by Crippen LogP contribution is -2.26. The van der Waals surface area contributed by atoms with Gasteiger partial charge in [-0.1, -0.05) is 12.1 Å². The highest BCUT2D eigenvalue weighted by Gasteiger charge is 2.09. The fourth-order valence-electron chi connectivity index (χ4n) is 1.76. The molecule has 0 amide bonds. The molecule has 0 unspecified atom stereocenters. The van der Waals surface area contributed by atoms with E-state index in [0.29, 0.717) is 6.54 Å². The Balaban J connectivity index is 2.86. The van der Waals surface area contributed by atoms with Gasteiger partial charge in [-0.25, -0.2) is 0 Å². The van der Waals surface area contributed by atoms with E-state index in [1.54, 1.807) is 0 Å². The second-order valence-corrected chi connectivity index (χ2v) is 3.94. The van der Waals surface area contributed by atoms with Crippen molar-refractivity contribution in [1.29, 1.82) is 0 Å². The molecule has 0 aliphatic rings. The summed E-state index contributed by atoms with van der Waals surface area (Å²) in [5, 5.41) is 8.70. The lowest BCUT2D eigenvalue weighted by atomic mass is 10.1. The first-order valence-electron chi connectivity index (χ1n) is 5.59. The minimum atomic E-state index is -0.747. The molecule has 1 aromatic carbocycles. The van der Waals surface area contributed by atoms with Crippen molar-refractivity contribution in [3.63, 3.8) is 0 Å². The highest BCUT2D eigenvalue weighted by molar-refractivity contribution is 5.68. The molecule has 88 valence electrons. The number of benzene rings is 1. The van der Waals surface area contributed by atoms with Gasteiger partial charge < -0.3 is 10.0 Å². The van der Waals surface area contributed by atoms with Crippen LogP contribution in [0.2, 0.25) is 0 Å². The molecule has 0 bridgehead atoms. The Morgan fingerprint density at radius 1 is 1.38 bits per heavy atom. The van der Waals surface area contributed by atoms with Gasteiger partial charge in [-0.2, -0.15) is 0 Å². The zero-order valence-electron chi connectivity index (χ0n) is 10.2. The van der Waals surface area contributed by atoms with Gasteiger partial charge in [0.15, 0.2) is 0 Å². The maximum absolute atomic E-state index is 10.6. The number of carboxylic acid groups (broad SMARTS) is 1. The highest BCUT2D eigenvalue weighted by Crippen LogP contribution is 2.22. The van der Waals surface area contributed by atoms with Crippen LogP contribution in [0.15, 0.2) is 18.2 Å². The molecule has 0 saturated heterocycles. The number of anilines is 1. The van der Waals surface area contributed by atoms with E-state index in [1.807, 2.05) is 19.1 Å². The standard InChI is InChI=1S/C13H19NO2/c1-4-14(9-8-13(15)16)12-7-5-6-10(2)11(12)3/h5-7H,4,8-9H2,1-3H3,(H,15,16). The molecule has 0 radical (unpaired) electrons. The first kappa shape index (κ1) is 12.6. The molecule has 1 aromatic rings. The molecule has 3 heteroatoms. The van der Waals surface area contributed by atoms with Crippen molar-refractivity contribution in [1.82, 2.24) is 0 Å². The Morgan fingerprint density at radius 3 is 2.62 bits per heavy atom. The Labute approximate surface area is 96.7 Å². The molecule has 0 saturated carbocycles. The van der Waals surface area contributed by atoms with Crippen LogP contribution in [0.5, 0.6) is 0 Å². The molecule has 0 spiro atoms. The Kier molecular flexibility index (Phi) is 4.35. The number of hydrogen-bond donors (Lipinski definition) is 1. The second-order valence-electron chi connectivity index (χ2n) is 3.94. The Morgan fingerprint density at radius 2 is 2.06 bits per heavy atom. The van der Waals surface area contributed by atoms with Crippen LogP contribution < -0.4 is 4.90 Å². The van der Waals surface area contributed by atoms with Crippen LogP contribution >= 0.6 is 0 Å². The van der Waals surface area contributed by atoms with E-state index < -0.39 is 5.97 Å². The average molecular weight is 221 g/mol. The monoisotopic (exact) mass is 221 g/mol. The number of aryl methyl sites for hydroxylation is 1. The summed E-state index contributed by atoms with van der Waals surface area (Å²) in [4.78, 5) is 12.7. The van der Waals surface area contributed by atoms with E-state index in [-0.39, 0.29) is 6.42 Å². The molecule has 0 aliphatic heterocycles. The molecular weight excluding hydrogens is 202 g/mol. The van der Waals surface area contributed by atoms with Gasteiger partial charge in [0.25, 0.3) is 0 Å². The predicted octanol–water partition coefficient (Wildman–Crippen LogP) is 2.60. The number of carbonyl (C=O) groups is 1. The number of rotatable bonds is 5. The van der Waals surface area contributed by atoms with Crippen molar-refractivity contribution in [3.8, 4) is 0 Å². The molecule has 16 heavy (non-hydrogen) atoms. The molecule has 1 rings (SSSR count). The van der Waals surface area contributed by atoms with Crippen LogP contribution in [0, 0.1) is 13.8 Å². The second kappa shape index (κ2) is 5.54. The third-order valence-corrected chi connectivity index (χ3v) is 2.89. The van der Waals surface area contributed by atoms with Gasteiger partial charge in [-0.05, 0) is 38.0 Å². The predicted molar refractivity (Wildman–Crippen MR) is 66.1 cm³/mol. The quantitative estimate of drug-likeness (QED) is 0.830. The minimum Gasteiger partial charge on any atom is -0.481 e. The summed E-state index contributed by atoms with van der Waals surface area (Å²) in [5.41, 5.74) is 3.62. The zero-order valence-corrected chi connectivity index (χ0v) is 10.2. The first-order valence-corrected chi connectivity index (χ1v) is 5.59. The molecule has 0 aliphatic carbocycles. The topological polar surface area (TPSA) is 40.5 Å². The van der Waals surface area contributed by atoms with Crippen LogP contribution in [-0.2, 0) is 4.79 Å². The lowest BCUT2D eigenvalue weighted by Gasteiger charge is -2.25. The van der Waals surface area contributed by atoms with Gasteiger partial charge in [-0.15, -0.1) is 0 Å². The minimum absolute atomic E-state index is 0.182. The van der Waals surface area contributed by atoms with Crippen molar-refractivity contribution >= 4 is 11.7 Å². The van der Waals surface area contributed by atoms with Gasteiger partial charge in [0.1, 0.15) is 0 Å². The summed E-state index contributed by atoms with van der Waals surface area (Å²) in [6.07, 6.45) is 0.182. The van der Waals surface area contributed by atoms with Crippen molar-refractivity contribution in [3.05, 3.63) is 29.3 Å².